The molecule has 0 aromatic heterocycles. The highest BCUT2D eigenvalue weighted by Gasteiger charge is 2.26. The predicted octanol–water partition coefficient (Wildman–Crippen LogP) is 3.33. The number of phenols is 1. The molecule has 0 bridgehead atoms. The van der Waals surface area contributed by atoms with Gasteiger partial charge in [-0.3, -0.25) is 14.4 Å². The predicted molar refractivity (Wildman–Crippen MR) is 158 cm³/mol. The minimum Gasteiger partial charge on any atom is -0.508 e. The first-order valence-corrected chi connectivity index (χ1v) is 13.9. The van der Waals surface area contributed by atoms with Crippen molar-refractivity contribution in [3.63, 3.8) is 0 Å². The molecule has 41 heavy (non-hydrogen) atoms. The van der Waals surface area contributed by atoms with Crippen molar-refractivity contribution in [3.05, 3.63) is 101 Å². The van der Waals surface area contributed by atoms with Crippen molar-refractivity contribution in [3.8, 4) is 5.75 Å². The van der Waals surface area contributed by atoms with Crippen molar-refractivity contribution in [2.45, 2.75) is 51.8 Å². The first-order valence-electron chi connectivity index (χ1n) is 13.9. The SMILES string of the molecule is CCCN(CCC)C(=O)c1cc(C(N)=O)cc(C(=O)N(Cc2ccccc2)C[C@@H](O)[C@@H](N)Cc2ccc(O)cc2)c1. The Bertz CT molecular complexity index is 1310. The summed E-state index contributed by atoms with van der Waals surface area (Å²) in [5, 5.41) is 20.6. The molecule has 0 saturated carbocycles. The highest BCUT2D eigenvalue weighted by Crippen LogP contribution is 2.19. The lowest BCUT2D eigenvalue weighted by molar-refractivity contribution is 0.0554. The van der Waals surface area contributed by atoms with Gasteiger partial charge in [-0.1, -0.05) is 56.3 Å². The lowest BCUT2D eigenvalue weighted by Crippen LogP contribution is -2.46. The second kappa shape index (κ2) is 15.0. The Morgan fingerprint density at radius 2 is 1.32 bits per heavy atom. The topological polar surface area (TPSA) is 150 Å². The molecule has 218 valence electrons. The normalized spacial score (nSPS) is 12.4. The molecule has 3 rings (SSSR count). The average molecular weight is 561 g/mol. The van der Waals surface area contributed by atoms with E-state index in [1.807, 2.05) is 44.2 Å². The zero-order valence-corrected chi connectivity index (χ0v) is 23.7. The summed E-state index contributed by atoms with van der Waals surface area (Å²) >= 11 is 0. The lowest BCUT2D eigenvalue weighted by atomic mass is 10.00. The highest BCUT2D eigenvalue weighted by molar-refractivity contribution is 6.04. The van der Waals surface area contributed by atoms with Gasteiger partial charge in [0.25, 0.3) is 11.8 Å². The summed E-state index contributed by atoms with van der Waals surface area (Å²) in [6.07, 6.45) is 0.775. The molecule has 0 saturated heterocycles. The maximum Gasteiger partial charge on any atom is 0.254 e. The number of amides is 3. The van der Waals surface area contributed by atoms with Gasteiger partial charge in [0.05, 0.1) is 6.10 Å². The van der Waals surface area contributed by atoms with E-state index in [4.69, 9.17) is 11.5 Å². The lowest BCUT2D eigenvalue weighted by Gasteiger charge is -2.29. The van der Waals surface area contributed by atoms with Gasteiger partial charge in [-0.15, -0.1) is 0 Å². The first kappa shape index (κ1) is 31.3. The number of rotatable bonds is 14. The van der Waals surface area contributed by atoms with Crippen LogP contribution in [0.3, 0.4) is 0 Å². The number of phenolic OH excluding ortho intramolecular Hbond substituents is 1. The fourth-order valence-electron chi connectivity index (χ4n) is 4.66. The second-order valence-electron chi connectivity index (χ2n) is 10.2. The van der Waals surface area contributed by atoms with Crippen molar-refractivity contribution in [1.29, 1.82) is 0 Å². The van der Waals surface area contributed by atoms with Crippen LogP contribution in [0.2, 0.25) is 0 Å². The van der Waals surface area contributed by atoms with Gasteiger partial charge in [0.15, 0.2) is 0 Å². The Kier molecular flexibility index (Phi) is 11.4. The molecule has 0 unspecified atom stereocenters. The van der Waals surface area contributed by atoms with Crippen molar-refractivity contribution >= 4 is 17.7 Å². The number of nitrogens with zero attached hydrogens (tertiary/aromatic N) is 2. The summed E-state index contributed by atoms with van der Waals surface area (Å²) in [6.45, 7) is 5.12. The molecule has 0 aliphatic carbocycles. The van der Waals surface area contributed by atoms with E-state index in [9.17, 15) is 24.6 Å². The molecule has 6 N–H and O–H groups in total. The van der Waals surface area contributed by atoms with Crippen LogP contribution in [0.5, 0.6) is 5.75 Å². The van der Waals surface area contributed by atoms with Gasteiger partial charge in [-0.2, -0.15) is 0 Å². The van der Waals surface area contributed by atoms with E-state index in [1.54, 1.807) is 29.2 Å². The van der Waals surface area contributed by atoms with Gasteiger partial charge in [0, 0.05) is 48.9 Å². The van der Waals surface area contributed by atoms with E-state index in [0.29, 0.717) is 19.5 Å². The van der Waals surface area contributed by atoms with Crippen LogP contribution < -0.4 is 11.5 Å². The van der Waals surface area contributed by atoms with Gasteiger partial charge in [0.2, 0.25) is 5.91 Å². The van der Waals surface area contributed by atoms with E-state index < -0.39 is 24.0 Å². The van der Waals surface area contributed by atoms with Crippen LogP contribution in [0.15, 0.2) is 72.8 Å². The summed E-state index contributed by atoms with van der Waals surface area (Å²) < 4.78 is 0. The van der Waals surface area contributed by atoms with Crippen LogP contribution in [-0.2, 0) is 13.0 Å². The van der Waals surface area contributed by atoms with Crippen molar-refractivity contribution < 1.29 is 24.6 Å². The zero-order valence-electron chi connectivity index (χ0n) is 23.7. The fraction of sp³-hybridized carbons (Fsp3) is 0.344. The maximum absolute atomic E-state index is 13.9. The number of carbonyl (C=O) groups is 3. The third kappa shape index (κ3) is 8.89. The van der Waals surface area contributed by atoms with Gasteiger partial charge in [-0.25, -0.2) is 0 Å². The number of nitrogens with two attached hydrogens (primary N) is 2. The number of hydrogen-bond donors (Lipinski definition) is 4. The molecule has 9 nitrogen and oxygen atoms in total. The monoisotopic (exact) mass is 560 g/mol. The average Bonchev–Trinajstić information content (AvgIpc) is 2.97. The second-order valence-corrected chi connectivity index (χ2v) is 10.2. The molecule has 3 amide bonds. The summed E-state index contributed by atoms with van der Waals surface area (Å²) in [5.41, 5.74) is 13.9. The first-order chi connectivity index (χ1) is 19.6. The number of hydrogen-bond acceptors (Lipinski definition) is 6. The smallest absolute Gasteiger partial charge is 0.254 e. The molecule has 0 heterocycles. The largest absolute Gasteiger partial charge is 0.508 e. The number of benzene rings is 3. The number of primary amides is 1. The quantitative estimate of drug-likeness (QED) is 0.238. The third-order valence-electron chi connectivity index (χ3n) is 6.80. The molecule has 0 aliphatic heterocycles. The summed E-state index contributed by atoms with van der Waals surface area (Å²) in [7, 11) is 0. The molecule has 0 spiro atoms. The highest BCUT2D eigenvalue weighted by atomic mass is 16.3. The number of aliphatic hydroxyl groups is 1. The summed E-state index contributed by atoms with van der Waals surface area (Å²) in [6, 6.07) is 19.4. The fourth-order valence-corrected chi connectivity index (χ4v) is 4.66. The van der Waals surface area contributed by atoms with Gasteiger partial charge in [0.1, 0.15) is 5.75 Å². The van der Waals surface area contributed by atoms with Crippen LogP contribution in [0.4, 0.5) is 0 Å². The van der Waals surface area contributed by atoms with Crippen LogP contribution >= 0.6 is 0 Å². The molecule has 3 aromatic carbocycles. The minimum atomic E-state index is -1.08. The van der Waals surface area contributed by atoms with Crippen molar-refractivity contribution in [2.75, 3.05) is 19.6 Å². The third-order valence-corrected chi connectivity index (χ3v) is 6.80. The summed E-state index contributed by atoms with van der Waals surface area (Å²) in [4.78, 5) is 42.7. The Morgan fingerprint density at radius 3 is 1.85 bits per heavy atom. The molecular weight excluding hydrogens is 520 g/mol. The Hall–Kier alpha value is -4.21. The van der Waals surface area contributed by atoms with Gasteiger partial charge in [-0.05, 0) is 60.7 Å². The standard InChI is InChI=1S/C32H40N4O5/c1-3-14-35(15-4-2)31(40)25-17-24(30(34)39)18-26(19-25)32(41)36(20-23-8-6-5-7-9-23)21-29(38)28(33)16-22-10-12-27(37)13-11-22/h5-13,17-19,28-29,37-38H,3-4,14-16,20-21,33H2,1-2H3,(H2,34,39)/t28-,29+/m0/s1. The van der Waals surface area contributed by atoms with Crippen LogP contribution in [-0.4, -0.2) is 69.5 Å². The van der Waals surface area contributed by atoms with Gasteiger partial charge >= 0.3 is 0 Å². The summed E-state index contributed by atoms with van der Waals surface area (Å²) in [5.74, 6) is -1.38. The number of carbonyl (C=O) groups excluding carboxylic acids is 3. The Labute approximate surface area is 241 Å². The van der Waals surface area contributed by atoms with Crippen LogP contribution in [0.1, 0.15) is 68.9 Å². The van der Waals surface area contributed by atoms with E-state index in [0.717, 1.165) is 24.0 Å². The van der Waals surface area contributed by atoms with E-state index in [-0.39, 0.29) is 41.4 Å². The molecule has 0 aliphatic rings. The molecule has 9 heteroatoms. The molecule has 0 fully saturated rings. The van der Waals surface area contributed by atoms with Crippen molar-refractivity contribution in [2.24, 2.45) is 11.5 Å². The molecule has 0 radical (unpaired) electrons. The van der Waals surface area contributed by atoms with E-state index in [1.165, 1.54) is 23.1 Å². The van der Waals surface area contributed by atoms with Gasteiger partial charge < -0.3 is 31.5 Å². The number of aliphatic hydroxyl groups excluding tert-OH is 1. The Morgan fingerprint density at radius 1 is 0.780 bits per heavy atom. The maximum atomic E-state index is 13.9. The molecular formula is C32H40N4O5. The minimum absolute atomic E-state index is 0.0522. The number of aromatic hydroxyl groups is 1. The van der Waals surface area contributed by atoms with E-state index in [2.05, 4.69) is 0 Å². The van der Waals surface area contributed by atoms with E-state index >= 15 is 0 Å². The molecule has 2 atom stereocenters. The zero-order chi connectivity index (χ0) is 29.9. The van der Waals surface area contributed by atoms with Crippen molar-refractivity contribution in [1.82, 2.24) is 9.80 Å². The van der Waals surface area contributed by atoms with Crippen LogP contribution in [0, 0.1) is 0 Å². The Balaban J connectivity index is 1.93. The molecule has 3 aromatic rings. The van der Waals surface area contributed by atoms with Crippen LogP contribution in [0.25, 0.3) is 0 Å².